The van der Waals surface area contributed by atoms with Crippen molar-refractivity contribution in [3.05, 3.63) is 53.5 Å². The largest absolute Gasteiger partial charge is 0.494 e. The topological polar surface area (TPSA) is 48.4 Å². The van der Waals surface area contributed by atoms with Crippen LogP contribution in [0, 0.1) is 6.92 Å². The van der Waals surface area contributed by atoms with E-state index in [-0.39, 0.29) is 6.04 Å². The fourth-order valence-electron chi connectivity index (χ4n) is 1.80. The number of aryl methyl sites for hydroxylation is 1. The van der Waals surface area contributed by atoms with Gasteiger partial charge in [-0.05, 0) is 43.2 Å². The van der Waals surface area contributed by atoms with Gasteiger partial charge in [0, 0.05) is 0 Å². The molecule has 18 heavy (non-hydrogen) atoms. The Kier molecular flexibility index (Phi) is 4.05. The summed E-state index contributed by atoms with van der Waals surface area (Å²) in [6, 6.07) is 11.4. The van der Waals surface area contributed by atoms with Crippen LogP contribution in [0.2, 0.25) is 0 Å². The first-order valence-corrected chi connectivity index (χ1v) is 6.25. The predicted molar refractivity (Wildman–Crippen MR) is 71.7 cm³/mol. The van der Waals surface area contributed by atoms with Crippen LogP contribution in [-0.4, -0.2) is 6.61 Å². The third kappa shape index (κ3) is 2.93. The summed E-state index contributed by atoms with van der Waals surface area (Å²) >= 11 is 0. The molecule has 1 unspecified atom stereocenters. The van der Waals surface area contributed by atoms with Crippen molar-refractivity contribution in [1.82, 2.24) is 0 Å². The zero-order valence-corrected chi connectivity index (χ0v) is 10.8. The van der Waals surface area contributed by atoms with Crippen LogP contribution in [0.4, 0.5) is 0 Å². The molecule has 0 saturated heterocycles. The van der Waals surface area contributed by atoms with E-state index in [2.05, 4.69) is 6.92 Å². The number of hydrogen-bond donors (Lipinski definition) is 1. The van der Waals surface area contributed by atoms with Crippen molar-refractivity contribution in [1.29, 1.82) is 0 Å². The SMILES string of the molecule is CCCOc1cccc(C(N)c2ccc(C)o2)c1. The second-order valence-electron chi connectivity index (χ2n) is 4.35. The Bertz CT molecular complexity index is 505. The Morgan fingerprint density at radius 1 is 1.28 bits per heavy atom. The van der Waals surface area contributed by atoms with Crippen molar-refractivity contribution in [2.24, 2.45) is 5.73 Å². The van der Waals surface area contributed by atoms with Crippen LogP contribution < -0.4 is 10.5 Å². The summed E-state index contributed by atoms with van der Waals surface area (Å²) in [5, 5.41) is 0. The van der Waals surface area contributed by atoms with Crippen LogP contribution in [-0.2, 0) is 0 Å². The predicted octanol–water partition coefficient (Wildman–Crippen LogP) is 3.42. The Labute approximate surface area is 108 Å². The highest BCUT2D eigenvalue weighted by Gasteiger charge is 2.13. The molecule has 0 aliphatic carbocycles. The molecule has 0 aliphatic rings. The molecule has 3 nitrogen and oxygen atoms in total. The lowest BCUT2D eigenvalue weighted by Gasteiger charge is -2.11. The molecule has 0 amide bonds. The molecular weight excluding hydrogens is 226 g/mol. The molecule has 1 atom stereocenters. The third-order valence-electron chi connectivity index (χ3n) is 2.76. The molecule has 0 radical (unpaired) electrons. The van der Waals surface area contributed by atoms with Gasteiger partial charge in [-0.25, -0.2) is 0 Å². The minimum atomic E-state index is -0.246. The molecule has 1 aromatic heterocycles. The molecule has 0 aliphatic heterocycles. The van der Waals surface area contributed by atoms with Gasteiger partial charge in [0.15, 0.2) is 0 Å². The van der Waals surface area contributed by atoms with E-state index in [1.807, 2.05) is 43.3 Å². The monoisotopic (exact) mass is 245 g/mol. The minimum Gasteiger partial charge on any atom is -0.494 e. The number of ether oxygens (including phenoxy) is 1. The smallest absolute Gasteiger partial charge is 0.125 e. The van der Waals surface area contributed by atoms with E-state index >= 15 is 0 Å². The maximum atomic E-state index is 6.18. The lowest BCUT2D eigenvalue weighted by Crippen LogP contribution is -2.11. The van der Waals surface area contributed by atoms with E-state index in [9.17, 15) is 0 Å². The van der Waals surface area contributed by atoms with Gasteiger partial charge in [0.2, 0.25) is 0 Å². The third-order valence-corrected chi connectivity index (χ3v) is 2.76. The first kappa shape index (κ1) is 12.7. The van der Waals surface area contributed by atoms with E-state index in [0.29, 0.717) is 0 Å². The van der Waals surface area contributed by atoms with Gasteiger partial charge in [-0.15, -0.1) is 0 Å². The van der Waals surface area contributed by atoms with Crippen LogP contribution in [0.25, 0.3) is 0 Å². The Morgan fingerprint density at radius 3 is 2.78 bits per heavy atom. The maximum Gasteiger partial charge on any atom is 0.125 e. The van der Waals surface area contributed by atoms with Crippen molar-refractivity contribution in [3.63, 3.8) is 0 Å². The first-order chi connectivity index (χ1) is 8.70. The molecule has 2 N–H and O–H groups in total. The molecule has 0 spiro atoms. The van der Waals surface area contributed by atoms with Gasteiger partial charge in [0.25, 0.3) is 0 Å². The number of hydrogen-bond acceptors (Lipinski definition) is 3. The highest BCUT2D eigenvalue weighted by atomic mass is 16.5. The van der Waals surface area contributed by atoms with Crippen molar-refractivity contribution in [3.8, 4) is 5.75 Å². The summed E-state index contributed by atoms with van der Waals surface area (Å²) in [5.41, 5.74) is 7.18. The summed E-state index contributed by atoms with van der Waals surface area (Å²) in [6.07, 6.45) is 0.994. The Balaban J connectivity index is 2.17. The first-order valence-electron chi connectivity index (χ1n) is 6.25. The fraction of sp³-hybridized carbons (Fsp3) is 0.333. The Morgan fingerprint density at radius 2 is 2.11 bits per heavy atom. The van der Waals surface area contributed by atoms with Crippen LogP contribution in [0.3, 0.4) is 0 Å². The molecule has 0 bridgehead atoms. The molecular formula is C15H19NO2. The standard InChI is InChI=1S/C15H19NO2/c1-3-9-17-13-6-4-5-12(10-13)15(16)14-8-7-11(2)18-14/h4-8,10,15H,3,9,16H2,1-2H3. The van der Waals surface area contributed by atoms with Crippen molar-refractivity contribution >= 4 is 0 Å². The zero-order valence-electron chi connectivity index (χ0n) is 10.8. The molecule has 0 fully saturated rings. The van der Waals surface area contributed by atoms with E-state index in [1.165, 1.54) is 0 Å². The number of benzene rings is 1. The highest BCUT2D eigenvalue weighted by Crippen LogP contribution is 2.24. The average Bonchev–Trinajstić information content (AvgIpc) is 2.82. The number of rotatable bonds is 5. The Hall–Kier alpha value is -1.74. The van der Waals surface area contributed by atoms with Crippen molar-refractivity contribution in [2.75, 3.05) is 6.61 Å². The lowest BCUT2D eigenvalue weighted by atomic mass is 10.1. The molecule has 2 aromatic rings. The summed E-state index contributed by atoms with van der Waals surface area (Å²) in [6.45, 7) is 4.72. The van der Waals surface area contributed by atoms with E-state index in [4.69, 9.17) is 14.9 Å². The van der Waals surface area contributed by atoms with Gasteiger partial charge in [0.1, 0.15) is 17.3 Å². The molecule has 1 aromatic carbocycles. The second-order valence-corrected chi connectivity index (χ2v) is 4.35. The molecule has 3 heteroatoms. The fourth-order valence-corrected chi connectivity index (χ4v) is 1.80. The van der Waals surface area contributed by atoms with Gasteiger partial charge >= 0.3 is 0 Å². The normalized spacial score (nSPS) is 12.4. The van der Waals surface area contributed by atoms with Gasteiger partial charge in [-0.3, -0.25) is 0 Å². The van der Waals surface area contributed by atoms with Gasteiger partial charge in [-0.1, -0.05) is 19.1 Å². The second kappa shape index (κ2) is 5.74. The lowest BCUT2D eigenvalue weighted by molar-refractivity contribution is 0.317. The molecule has 96 valence electrons. The zero-order chi connectivity index (χ0) is 13.0. The summed E-state index contributed by atoms with van der Waals surface area (Å²) < 4.78 is 11.2. The quantitative estimate of drug-likeness (QED) is 0.878. The maximum absolute atomic E-state index is 6.18. The van der Waals surface area contributed by atoms with Crippen LogP contribution in [0.1, 0.15) is 36.5 Å². The summed E-state index contributed by atoms with van der Waals surface area (Å²) in [7, 11) is 0. The number of furan rings is 1. The van der Waals surface area contributed by atoms with E-state index in [0.717, 1.165) is 35.9 Å². The molecule has 2 rings (SSSR count). The average molecular weight is 245 g/mol. The highest BCUT2D eigenvalue weighted by molar-refractivity contribution is 5.34. The van der Waals surface area contributed by atoms with Gasteiger partial charge < -0.3 is 14.9 Å². The molecule has 0 saturated carbocycles. The van der Waals surface area contributed by atoms with E-state index in [1.54, 1.807) is 0 Å². The van der Waals surface area contributed by atoms with Crippen molar-refractivity contribution in [2.45, 2.75) is 26.3 Å². The summed E-state index contributed by atoms with van der Waals surface area (Å²) in [5.74, 6) is 2.51. The van der Waals surface area contributed by atoms with Crippen LogP contribution in [0.15, 0.2) is 40.8 Å². The van der Waals surface area contributed by atoms with E-state index < -0.39 is 0 Å². The van der Waals surface area contributed by atoms with Crippen LogP contribution in [0.5, 0.6) is 5.75 Å². The van der Waals surface area contributed by atoms with Gasteiger partial charge in [-0.2, -0.15) is 0 Å². The van der Waals surface area contributed by atoms with Gasteiger partial charge in [0.05, 0.1) is 12.6 Å². The summed E-state index contributed by atoms with van der Waals surface area (Å²) in [4.78, 5) is 0. The molecule has 1 heterocycles. The minimum absolute atomic E-state index is 0.246. The van der Waals surface area contributed by atoms with Crippen LogP contribution >= 0.6 is 0 Å². The number of nitrogens with two attached hydrogens (primary N) is 1. The van der Waals surface area contributed by atoms with Crippen molar-refractivity contribution < 1.29 is 9.15 Å².